The summed E-state index contributed by atoms with van der Waals surface area (Å²) in [7, 11) is 0. The van der Waals surface area contributed by atoms with Gasteiger partial charge in [-0.05, 0) is 63.4 Å². The molecular formula is C25H26N4OS. The molecule has 0 spiro atoms. The van der Waals surface area contributed by atoms with E-state index in [2.05, 4.69) is 48.4 Å². The number of aryl methyl sites for hydroxylation is 4. The normalized spacial score (nSPS) is 11.0. The number of hydrogen-bond acceptors (Lipinski definition) is 4. The van der Waals surface area contributed by atoms with E-state index in [1.54, 1.807) is 0 Å². The number of thiazole rings is 1. The third kappa shape index (κ3) is 4.30. The molecular weight excluding hydrogens is 404 g/mol. The smallest absolute Gasteiger partial charge is 0.267 e. The fourth-order valence-electron chi connectivity index (χ4n) is 3.61. The quantitative estimate of drug-likeness (QED) is 0.441. The van der Waals surface area contributed by atoms with Gasteiger partial charge in [-0.1, -0.05) is 47.7 Å². The highest BCUT2D eigenvalue weighted by Gasteiger charge is 2.20. The van der Waals surface area contributed by atoms with Gasteiger partial charge >= 0.3 is 0 Å². The number of carbonyl (C=O) groups is 1. The van der Waals surface area contributed by atoms with Gasteiger partial charge in [-0.25, -0.2) is 9.67 Å². The second-order valence-electron chi connectivity index (χ2n) is 7.89. The van der Waals surface area contributed by atoms with Gasteiger partial charge in [-0.3, -0.25) is 4.79 Å². The Morgan fingerprint density at radius 1 is 0.968 bits per heavy atom. The first kappa shape index (κ1) is 21.0. The SMILES string of the molecule is Cc1ccc(NC(=O)c2sc(-n3nc(C)c(Cc4ccccc4)c3C)nc2C)cc1C. The maximum Gasteiger partial charge on any atom is 0.267 e. The van der Waals surface area contributed by atoms with Crippen LogP contribution in [0.4, 0.5) is 5.69 Å². The molecule has 0 saturated heterocycles. The van der Waals surface area contributed by atoms with Crippen LogP contribution in [0.25, 0.3) is 5.13 Å². The van der Waals surface area contributed by atoms with E-state index >= 15 is 0 Å². The van der Waals surface area contributed by atoms with Gasteiger partial charge in [0.2, 0.25) is 5.13 Å². The molecule has 0 bridgehead atoms. The van der Waals surface area contributed by atoms with Crippen LogP contribution in [0.15, 0.2) is 48.5 Å². The van der Waals surface area contributed by atoms with Crippen molar-refractivity contribution < 1.29 is 4.79 Å². The Labute approximate surface area is 186 Å². The van der Waals surface area contributed by atoms with Gasteiger partial charge in [0.1, 0.15) is 4.88 Å². The second kappa shape index (κ2) is 8.47. The van der Waals surface area contributed by atoms with Crippen LogP contribution in [0.3, 0.4) is 0 Å². The lowest BCUT2D eigenvalue weighted by Crippen LogP contribution is -2.11. The minimum atomic E-state index is -0.143. The monoisotopic (exact) mass is 430 g/mol. The van der Waals surface area contributed by atoms with E-state index in [9.17, 15) is 4.79 Å². The molecule has 31 heavy (non-hydrogen) atoms. The number of anilines is 1. The lowest BCUT2D eigenvalue weighted by atomic mass is 10.0. The molecule has 0 aliphatic carbocycles. The number of benzene rings is 2. The fourth-order valence-corrected chi connectivity index (χ4v) is 4.57. The van der Waals surface area contributed by atoms with Crippen molar-refractivity contribution >= 4 is 22.9 Å². The average molecular weight is 431 g/mol. The van der Waals surface area contributed by atoms with Crippen molar-refractivity contribution in [2.75, 3.05) is 5.32 Å². The van der Waals surface area contributed by atoms with Gasteiger partial charge in [-0.2, -0.15) is 5.10 Å². The maximum absolute atomic E-state index is 12.9. The third-order valence-corrected chi connectivity index (χ3v) is 6.73. The molecule has 1 amide bonds. The predicted molar refractivity (Wildman–Crippen MR) is 127 cm³/mol. The molecule has 4 aromatic rings. The first-order chi connectivity index (χ1) is 14.8. The number of nitrogens with zero attached hydrogens (tertiary/aromatic N) is 3. The van der Waals surface area contributed by atoms with E-state index in [1.165, 1.54) is 28.0 Å². The molecule has 2 aromatic heterocycles. The van der Waals surface area contributed by atoms with Gasteiger partial charge in [-0.15, -0.1) is 0 Å². The van der Waals surface area contributed by atoms with Crippen molar-refractivity contribution in [1.82, 2.24) is 14.8 Å². The molecule has 0 unspecified atom stereocenters. The van der Waals surface area contributed by atoms with Crippen LogP contribution in [0.1, 0.15) is 49.0 Å². The number of hydrogen-bond donors (Lipinski definition) is 1. The summed E-state index contributed by atoms with van der Waals surface area (Å²) in [6, 6.07) is 16.3. The summed E-state index contributed by atoms with van der Waals surface area (Å²) in [5.74, 6) is -0.143. The number of carbonyl (C=O) groups excluding carboxylic acids is 1. The molecule has 1 N–H and O–H groups in total. The maximum atomic E-state index is 12.9. The minimum absolute atomic E-state index is 0.143. The zero-order chi connectivity index (χ0) is 22.1. The first-order valence-corrected chi connectivity index (χ1v) is 11.1. The van der Waals surface area contributed by atoms with E-state index < -0.39 is 0 Å². The number of amides is 1. The highest BCUT2D eigenvalue weighted by Crippen LogP contribution is 2.27. The molecule has 5 nitrogen and oxygen atoms in total. The molecule has 158 valence electrons. The molecule has 0 atom stereocenters. The lowest BCUT2D eigenvalue weighted by Gasteiger charge is -2.06. The van der Waals surface area contributed by atoms with E-state index in [4.69, 9.17) is 5.10 Å². The van der Waals surface area contributed by atoms with Crippen molar-refractivity contribution in [3.05, 3.63) is 92.7 Å². The van der Waals surface area contributed by atoms with E-state index in [1.807, 2.05) is 49.7 Å². The summed E-state index contributed by atoms with van der Waals surface area (Å²) in [4.78, 5) is 18.2. The Bertz CT molecular complexity index is 1250. The summed E-state index contributed by atoms with van der Waals surface area (Å²) < 4.78 is 1.86. The molecule has 4 rings (SSSR count). The number of aromatic nitrogens is 3. The Balaban J connectivity index is 1.60. The van der Waals surface area contributed by atoms with Gasteiger partial charge in [0.15, 0.2) is 0 Å². The van der Waals surface area contributed by atoms with Gasteiger partial charge in [0, 0.05) is 23.4 Å². The first-order valence-electron chi connectivity index (χ1n) is 10.3. The van der Waals surface area contributed by atoms with Crippen molar-refractivity contribution in [2.24, 2.45) is 0 Å². The van der Waals surface area contributed by atoms with E-state index in [0.29, 0.717) is 15.7 Å². The average Bonchev–Trinajstić information content (AvgIpc) is 3.26. The van der Waals surface area contributed by atoms with Crippen LogP contribution >= 0.6 is 11.3 Å². The molecule has 0 fully saturated rings. The zero-order valence-corrected chi connectivity index (χ0v) is 19.3. The van der Waals surface area contributed by atoms with Crippen molar-refractivity contribution in [2.45, 2.75) is 41.0 Å². The predicted octanol–water partition coefficient (Wildman–Crippen LogP) is 5.71. The van der Waals surface area contributed by atoms with Crippen molar-refractivity contribution in [3.63, 3.8) is 0 Å². The van der Waals surface area contributed by atoms with Crippen LogP contribution < -0.4 is 5.32 Å². The topological polar surface area (TPSA) is 59.8 Å². The minimum Gasteiger partial charge on any atom is -0.321 e. The fraction of sp³-hybridized carbons (Fsp3) is 0.240. The molecule has 6 heteroatoms. The van der Waals surface area contributed by atoms with Crippen LogP contribution in [-0.2, 0) is 6.42 Å². The Morgan fingerprint density at radius 3 is 2.42 bits per heavy atom. The van der Waals surface area contributed by atoms with Crippen LogP contribution in [0, 0.1) is 34.6 Å². The summed E-state index contributed by atoms with van der Waals surface area (Å²) in [6.45, 7) is 10.0. The molecule has 0 aliphatic heterocycles. The Morgan fingerprint density at radius 2 is 1.71 bits per heavy atom. The van der Waals surface area contributed by atoms with Gasteiger partial charge < -0.3 is 5.32 Å². The van der Waals surface area contributed by atoms with Gasteiger partial charge in [0.25, 0.3) is 5.91 Å². The Kier molecular flexibility index (Phi) is 5.74. The standard InChI is InChI=1S/C25H26N4OS/c1-15-11-12-21(13-16(15)2)27-24(30)23-18(4)26-25(31-23)29-19(5)22(17(3)28-29)14-20-9-7-6-8-10-20/h6-13H,14H2,1-5H3,(H,27,30). The second-order valence-corrected chi connectivity index (χ2v) is 8.87. The number of nitrogens with one attached hydrogen (secondary N) is 1. The summed E-state index contributed by atoms with van der Waals surface area (Å²) in [6.07, 6.45) is 0.822. The third-order valence-electron chi connectivity index (χ3n) is 5.60. The Hall–Kier alpha value is -3.25. The largest absolute Gasteiger partial charge is 0.321 e. The van der Waals surface area contributed by atoms with E-state index in [0.717, 1.165) is 29.1 Å². The highest BCUT2D eigenvalue weighted by atomic mass is 32.1. The summed E-state index contributed by atoms with van der Waals surface area (Å²) >= 11 is 1.37. The molecule has 0 saturated carbocycles. The van der Waals surface area contributed by atoms with Crippen molar-refractivity contribution in [3.8, 4) is 5.13 Å². The van der Waals surface area contributed by atoms with Crippen molar-refractivity contribution in [1.29, 1.82) is 0 Å². The van der Waals surface area contributed by atoms with Crippen LogP contribution in [-0.4, -0.2) is 20.7 Å². The summed E-state index contributed by atoms with van der Waals surface area (Å²) in [5, 5.41) is 8.44. The molecule has 0 aliphatic rings. The summed E-state index contributed by atoms with van der Waals surface area (Å²) in [5.41, 5.74) is 8.32. The van der Waals surface area contributed by atoms with Crippen LogP contribution in [0.5, 0.6) is 0 Å². The van der Waals surface area contributed by atoms with E-state index in [-0.39, 0.29) is 5.91 Å². The molecule has 2 heterocycles. The van der Waals surface area contributed by atoms with Gasteiger partial charge in [0.05, 0.1) is 11.4 Å². The molecule has 2 aromatic carbocycles. The molecule has 0 radical (unpaired) electrons. The highest BCUT2D eigenvalue weighted by molar-refractivity contribution is 7.16. The zero-order valence-electron chi connectivity index (χ0n) is 18.5. The van der Waals surface area contributed by atoms with Crippen LogP contribution in [0.2, 0.25) is 0 Å². The number of rotatable bonds is 5. The lowest BCUT2D eigenvalue weighted by molar-refractivity contribution is 0.103.